The lowest BCUT2D eigenvalue weighted by Crippen LogP contribution is -2.30. The monoisotopic (exact) mass is 308 g/mol. The Bertz CT molecular complexity index is 621. The van der Waals surface area contributed by atoms with E-state index in [0.29, 0.717) is 6.54 Å². The second kappa shape index (κ2) is 6.78. The molecule has 0 saturated carbocycles. The van der Waals surface area contributed by atoms with Crippen LogP contribution >= 0.6 is 11.6 Å². The highest BCUT2D eigenvalue weighted by molar-refractivity contribution is 6.30. The van der Waals surface area contributed by atoms with Crippen LogP contribution < -0.4 is 15.4 Å². The van der Waals surface area contributed by atoms with E-state index < -0.39 is 5.82 Å². The van der Waals surface area contributed by atoms with Crippen molar-refractivity contribution in [2.24, 2.45) is 5.73 Å². The smallest absolute Gasteiger partial charge is 0.142 e. The van der Waals surface area contributed by atoms with Crippen molar-refractivity contribution in [1.82, 2.24) is 0 Å². The van der Waals surface area contributed by atoms with E-state index in [4.69, 9.17) is 22.1 Å². The molecule has 2 aromatic carbocycles. The molecule has 112 valence electrons. The van der Waals surface area contributed by atoms with Crippen LogP contribution in [0, 0.1) is 5.82 Å². The van der Waals surface area contributed by atoms with E-state index in [0.717, 1.165) is 17.0 Å². The maximum Gasteiger partial charge on any atom is 0.142 e. The first-order chi connectivity index (χ1) is 10.1. The summed E-state index contributed by atoms with van der Waals surface area (Å²) in [5.74, 6) is 0.322. The van der Waals surface area contributed by atoms with Gasteiger partial charge in [0.25, 0.3) is 0 Å². The van der Waals surface area contributed by atoms with Crippen molar-refractivity contribution < 1.29 is 9.13 Å². The van der Waals surface area contributed by atoms with Gasteiger partial charge in [-0.3, -0.25) is 0 Å². The van der Waals surface area contributed by atoms with E-state index in [9.17, 15) is 4.39 Å². The molecule has 1 atom stereocenters. The second-order valence-corrected chi connectivity index (χ2v) is 5.12. The molecule has 0 heterocycles. The van der Waals surface area contributed by atoms with E-state index in [1.54, 1.807) is 19.2 Å². The maximum atomic E-state index is 13.3. The lowest BCUT2D eigenvalue weighted by atomic mass is 10.0. The Balaban J connectivity index is 2.38. The molecule has 0 bridgehead atoms. The SMILES string of the molecule is COc1ccccc1N(C)C(CN)c1ccc(F)c(Cl)c1. The molecule has 2 aromatic rings. The Morgan fingerprint density at radius 2 is 2.00 bits per heavy atom. The molecule has 0 aromatic heterocycles. The molecular weight excluding hydrogens is 291 g/mol. The van der Waals surface area contributed by atoms with Gasteiger partial charge in [-0.15, -0.1) is 0 Å². The highest BCUT2D eigenvalue weighted by Crippen LogP contribution is 2.33. The summed E-state index contributed by atoms with van der Waals surface area (Å²) >= 11 is 5.87. The first kappa shape index (κ1) is 15.6. The van der Waals surface area contributed by atoms with Crippen molar-refractivity contribution in [3.8, 4) is 5.75 Å². The molecule has 3 nitrogen and oxygen atoms in total. The number of methoxy groups -OCH3 is 1. The maximum absolute atomic E-state index is 13.3. The van der Waals surface area contributed by atoms with E-state index in [-0.39, 0.29) is 11.1 Å². The number of anilines is 1. The number of likely N-dealkylation sites (N-methyl/N-ethyl adjacent to an activating group) is 1. The number of para-hydroxylation sites is 2. The number of benzene rings is 2. The molecule has 0 aliphatic rings. The Morgan fingerprint density at radius 1 is 1.29 bits per heavy atom. The largest absolute Gasteiger partial charge is 0.495 e. The molecule has 2 rings (SSSR count). The van der Waals surface area contributed by atoms with Crippen molar-refractivity contribution >= 4 is 17.3 Å². The molecule has 1 unspecified atom stereocenters. The summed E-state index contributed by atoms with van der Waals surface area (Å²) < 4.78 is 18.7. The molecule has 21 heavy (non-hydrogen) atoms. The summed E-state index contributed by atoms with van der Waals surface area (Å²) in [5, 5.41) is 0.0966. The van der Waals surface area contributed by atoms with Crippen LogP contribution in [-0.4, -0.2) is 20.7 Å². The van der Waals surface area contributed by atoms with Gasteiger partial charge in [-0.05, 0) is 29.8 Å². The van der Waals surface area contributed by atoms with Crippen LogP contribution in [0.4, 0.5) is 10.1 Å². The third-order valence-electron chi connectivity index (χ3n) is 3.48. The van der Waals surface area contributed by atoms with Crippen molar-refractivity contribution in [3.05, 3.63) is 58.9 Å². The fourth-order valence-electron chi connectivity index (χ4n) is 2.33. The lowest BCUT2D eigenvalue weighted by molar-refractivity contribution is 0.413. The molecular formula is C16H18ClFN2O. The van der Waals surface area contributed by atoms with Crippen molar-refractivity contribution in [2.45, 2.75) is 6.04 Å². The highest BCUT2D eigenvalue weighted by atomic mass is 35.5. The molecule has 5 heteroatoms. The minimum Gasteiger partial charge on any atom is -0.495 e. The summed E-state index contributed by atoms with van der Waals surface area (Å²) in [6, 6.07) is 12.2. The van der Waals surface area contributed by atoms with Gasteiger partial charge in [0.2, 0.25) is 0 Å². The van der Waals surface area contributed by atoms with Gasteiger partial charge < -0.3 is 15.4 Å². The van der Waals surface area contributed by atoms with E-state index >= 15 is 0 Å². The van der Waals surface area contributed by atoms with Gasteiger partial charge in [-0.25, -0.2) is 4.39 Å². The Labute approximate surface area is 129 Å². The predicted molar refractivity (Wildman–Crippen MR) is 84.6 cm³/mol. The van der Waals surface area contributed by atoms with Crippen LogP contribution in [0.5, 0.6) is 5.75 Å². The third kappa shape index (κ3) is 3.28. The second-order valence-electron chi connectivity index (χ2n) is 4.71. The van der Waals surface area contributed by atoms with E-state index in [1.165, 1.54) is 6.07 Å². The molecule has 0 saturated heterocycles. The number of nitrogens with zero attached hydrogens (tertiary/aromatic N) is 1. The summed E-state index contributed by atoms with van der Waals surface area (Å²) in [5.41, 5.74) is 7.67. The van der Waals surface area contributed by atoms with Crippen LogP contribution in [-0.2, 0) is 0 Å². The van der Waals surface area contributed by atoms with Crippen LogP contribution in [0.15, 0.2) is 42.5 Å². The Hall–Kier alpha value is -1.78. The zero-order chi connectivity index (χ0) is 15.4. The van der Waals surface area contributed by atoms with Gasteiger partial charge in [-0.1, -0.05) is 29.8 Å². The molecule has 0 aliphatic heterocycles. The standard InChI is InChI=1S/C16H18ClFN2O/c1-20(14-5-3-4-6-16(14)21-2)15(10-19)11-7-8-13(18)12(17)9-11/h3-9,15H,10,19H2,1-2H3. The molecule has 2 N–H and O–H groups in total. The van der Waals surface area contributed by atoms with Gasteiger partial charge in [-0.2, -0.15) is 0 Å². The lowest BCUT2D eigenvalue weighted by Gasteiger charge is -2.30. The average Bonchev–Trinajstić information content (AvgIpc) is 2.51. The van der Waals surface area contributed by atoms with Gasteiger partial charge in [0.05, 0.1) is 23.9 Å². The topological polar surface area (TPSA) is 38.5 Å². The number of rotatable bonds is 5. The zero-order valence-corrected chi connectivity index (χ0v) is 12.8. The van der Waals surface area contributed by atoms with E-state index in [2.05, 4.69) is 0 Å². The van der Waals surface area contributed by atoms with Gasteiger partial charge in [0.1, 0.15) is 11.6 Å². The van der Waals surface area contributed by atoms with Crippen molar-refractivity contribution in [1.29, 1.82) is 0 Å². The van der Waals surface area contributed by atoms with Gasteiger partial charge in [0, 0.05) is 13.6 Å². The van der Waals surface area contributed by atoms with E-state index in [1.807, 2.05) is 36.2 Å². The quantitative estimate of drug-likeness (QED) is 0.917. The Morgan fingerprint density at radius 3 is 2.62 bits per heavy atom. The predicted octanol–water partition coefficient (Wildman–Crippen LogP) is 3.62. The molecule has 0 radical (unpaired) electrons. The fraction of sp³-hybridized carbons (Fsp3) is 0.250. The minimum atomic E-state index is -0.434. The molecule has 0 amide bonds. The molecule has 0 aliphatic carbocycles. The number of hydrogen-bond donors (Lipinski definition) is 1. The highest BCUT2D eigenvalue weighted by Gasteiger charge is 2.19. The average molecular weight is 309 g/mol. The zero-order valence-electron chi connectivity index (χ0n) is 12.0. The molecule has 0 fully saturated rings. The van der Waals surface area contributed by atoms with Crippen LogP contribution in [0.3, 0.4) is 0 Å². The normalized spacial score (nSPS) is 12.0. The fourth-order valence-corrected chi connectivity index (χ4v) is 2.52. The first-order valence-corrected chi connectivity index (χ1v) is 6.97. The summed E-state index contributed by atoms with van der Waals surface area (Å²) in [6.45, 7) is 0.372. The first-order valence-electron chi connectivity index (χ1n) is 6.59. The van der Waals surface area contributed by atoms with Crippen molar-refractivity contribution in [3.63, 3.8) is 0 Å². The molecule has 0 spiro atoms. The van der Waals surface area contributed by atoms with Crippen LogP contribution in [0.1, 0.15) is 11.6 Å². The number of hydrogen-bond acceptors (Lipinski definition) is 3. The van der Waals surface area contributed by atoms with Gasteiger partial charge >= 0.3 is 0 Å². The Kier molecular flexibility index (Phi) is 5.04. The summed E-state index contributed by atoms with van der Waals surface area (Å²) in [6.07, 6.45) is 0. The number of nitrogens with two attached hydrogens (primary N) is 1. The van der Waals surface area contributed by atoms with Gasteiger partial charge in [0.15, 0.2) is 0 Å². The number of halogens is 2. The minimum absolute atomic E-state index is 0.0966. The van der Waals surface area contributed by atoms with Crippen molar-refractivity contribution in [2.75, 3.05) is 25.6 Å². The number of ether oxygens (including phenoxy) is 1. The van der Waals surface area contributed by atoms with Crippen LogP contribution in [0.25, 0.3) is 0 Å². The third-order valence-corrected chi connectivity index (χ3v) is 3.77. The summed E-state index contributed by atoms with van der Waals surface area (Å²) in [4.78, 5) is 2.00. The summed E-state index contributed by atoms with van der Waals surface area (Å²) in [7, 11) is 3.55. The van der Waals surface area contributed by atoms with Crippen LogP contribution in [0.2, 0.25) is 5.02 Å².